The van der Waals surface area contributed by atoms with Crippen LogP contribution in [0.2, 0.25) is 0 Å². The van der Waals surface area contributed by atoms with Gasteiger partial charge in [-0.15, -0.1) is 0 Å². The van der Waals surface area contributed by atoms with Crippen LogP contribution in [0.15, 0.2) is 16.8 Å². The predicted molar refractivity (Wildman–Crippen MR) is 57.2 cm³/mol. The molecule has 0 saturated carbocycles. The number of aliphatic imine (C=N–C) groups is 1. The fourth-order valence-corrected chi connectivity index (χ4v) is 0.910. The Bertz CT molecular complexity index is 245. The maximum atomic E-state index is 11.3. The summed E-state index contributed by atoms with van der Waals surface area (Å²) >= 11 is 0. The van der Waals surface area contributed by atoms with Gasteiger partial charge >= 0.3 is 5.97 Å². The third kappa shape index (κ3) is 4.07. The summed E-state index contributed by atoms with van der Waals surface area (Å²) < 4.78 is 4.83. The van der Waals surface area contributed by atoms with Crippen LogP contribution < -0.4 is 5.73 Å². The number of rotatable bonds is 5. The lowest BCUT2D eigenvalue weighted by molar-refractivity contribution is -0.137. The van der Waals surface area contributed by atoms with E-state index < -0.39 is 5.97 Å². The maximum absolute atomic E-state index is 11.3. The molecule has 0 amide bonds. The number of carbonyl (C=O) groups excluding carboxylic acids is 1. The highest BCUT2D eigenvalue weighted by atomic mass is 16.5. The molecule has 0 aromatic heterocycles. The number of nitrogens with two attached hydrogens (primary N) is 1. The number of ether oxygens (including phenoxy) is 1. The molecule has 0 rings (SSSR count). The summed E-state index contributed by atoms with van der Waals surface area (Å²) in [5.41, 5.74) is 6.31. The molecule has 0 aliphatic carbocycles. The Labute approximate surface area is 84.8 Å². The molecule has 4 nitrogen and oxygen atoms in total. The molecule has 0 spiro atoms. The number of hydrogen-bond donors (Lipinski definition) is 1. The molecule has 14 heavy (non-hydrogen) atoms. The molecule has 0 bridgehead atoms. The first-order chi connectivity index (χ1) is 6.67. The summed E-state index contributed by atoms with van der Waals surface area (Å²) in [4.78, 5) is 15.5. The van der Waals surface area contributed by atoms with Gasteiger partial charge < -0.3 is 10.5 Å². The van der Waals surface area contributed by atoms with Crippen LogP contribution in [0.1, 0.15) is 27.2 Å². The minimum atomic E-state index is -0.410. The van der Waals surface area contributed by atoms with E-state index in [1.165, 1.54) is 6.20 Å². The molecular weight excluding hydrogens is 180 g/mol. The lowest BCUT2D eigenvalue weighted by atomic mass is 10.2. The van der Waals surface area contributed by atoms with Crippen molar-refractivity contribution in [1.29, 1.82) is 0 Å². The SMILES string of the molecule is CCCN=C(C)C(=CN)C(=O)OCC. The van der Waals surface area contributed by atoms with Gasteiger partial charge in [0.2, 0.25) is 0 Å². The summed E-state index contributed by atoms with van der Waals surface area (Å²) in [5.74, 6) is -0.410. The molecule has 0 atom stereocenters. The predicted octanol–water partition coefficient (Wildman–Crippen LogP) is 1.26. The molecule has 80 valence electrons. The second-order valence-corrected chi connectivity index (χ2v) is 2.77. The highest BCUT2D eigenvalue weighted by Crippen LogP contribution is 2.00. The van der Waals surface area contributed by atoms with Crippen LogP contribution in [-0.2, 0) is 9.53 Å². The highest BCUT2D eigenvalue weighted by Gasteiger charge is 2.12. The Morgan fingerprint density at radius 2 is 2.14 bits per heavy atom. The van der Waals surface area contributed by atoms with Gasteiger partial charge in [0.1, 0.15) is 0 Å². The first-order valence-electron chi connectivity index (χ1n) is 4.77. The fourth-order valence-electron chi connectivity index (χ4n) is 0.910. The van der Waals surface area contributed by atoms with E-state index in [9.17, 15) is 4.79 Å². The van der Waals surface area contributed by atoms with Crippen molar-refractivity contribution in [2.75, 3.05) is 13.2 Å². The van der Waals surface area contributed by atoms with Crippen LogP contribution in [0.3, 0.4) is 0 Å². The number of hydrogen-bond acceptors (Lipinski definition) is 4. The molecular formula is C10H18N2O2. The van der Waals surface area contributed by atoms with Crippen LogP contribution in [0.5, 0.6) is 0 Å². The van der Waals surface area contributed by atoms with E-state index in [4.69, 9.17) is 10.5 Å². The van der Waals surface area contributed by atoms with Gasteiger partial charge in [0, 0.05) is 18.5 Å². The van der Waals surface area contributed by atoms with Crippen molar-refractivity contribution in [3.63, 3.8) is 0 Å². The quantitative estimate of drug-likeness (QED) is 0.411. The Morgan fingerprint density at radius 1 is 1.50 bits per heavy atom. The van der Waals surface area contributed by atoms with Crippen molar-refractivity contribution >= 4 is 11.7 Å². The fraction of sp³-hybridized carbons (Fsp3) is 0.600. The molecule has 0 aliphatic heterocycles. The molecule has 0 aromatic rings. The van der Waals surface area contributed by atoms with Gasteiger partial charge in [0.25, 0.3) is 0 Å². The third-order valence-corrected chi connectivity index (χ3v) is 1.62. The lowest BCUT2D eigenvalue weighted by Crippen LogP contribution is -2.15. The van der Waals surface area contributed by atoms with Gasteiger partial charge in [-0.3, -0.25) is 4.99 Å². The smallest absolute Gasteiger partial charge is 0.341 e. The largest absolute Gasteiger partial charge is 0.462 e. The minimum absolute atomic E-state index is 0.344. The van der Waals surface area contributed by atoms with Crippen LogP contribution in [0.25, 0.3) is 0 Å². The van der Waals surface area contributed by atoms with Gasteiger partial charge in [-0.1, -0.05) is 6.92 Å². The second-order valence-electron chi connectivity index (χ2n) is 2.77. The van der Waals surface area contributed by atoms with Crippen molar-refractivity contribution in [2.45, 2.75) is 27.2 Å². The van der Waals surface area contributed by atoms with Crippen LogP contribution >= 0.6 is 0 Å². The van der Waals surface area contributed by atoms with Crippen LogP contribution in [0, 0.1) is 0 Å². The van der Waals surface area contributed by atoms with E-state index in [2.05, 4.69) is 4.99 Å². The lowest BCUT2D eigenvalue weighted by Gasteiger charge is -2.05. The average molecular weight is 198 g/mol. The van der Waals surface area contributed by atoms with E-state index in [1.807, 2.05) is 6.92 Å². The molecule has 0 heterocycles. The Hall–Kier alpha value is -1.32. The first-order valence-corrected chi connectivity index (χ1v) is 4.77. The Morgan fingerprint density at radius 3 is 2.57 bits per heavy atom. The normalized spacial score (nSPS) is 12.8. The van der Waals surface area contributed by atoms with Gasteiger partial charge in [-0.2, -0.15) is 0 Å². The topological polar surface area (TPSA) is 64.7 Å². The highest BCUT2D eigenvalue weighted by molar-refractivity contribution is 6.18. The van der Waals surface area contributed by atoms with Gasteiger partial charge in [-0.05, 0) is 20.3 Å². The summed E-state index contributed by atoms with van der Waals surface area (Å²) in [7, 11) is 0. The number of carbonyl (C=O) groups is 1. The summed E-state index contributed by atoms with van der Waals surface area (Å²) in [6, 6.07) is 0. The molecule has 4 heteroatoms. The van der Waals surface area contributed by atoms with Crippen LogP contribution in [-0.4, -0.2) is 24.8 Å². The van der Waals surface area contributed by atoms with Crippen molar-refractivity contribution < 1.29 is 9.53 Å². The first kappa shape index (κ1) is 12.7. The maximum Gasteiger partial charge on any atom is 0.341 e. The molecule has 0 saturated heterocycles. The molecule has 0 radical (unpaired) electrons. The van der Waals surface area contributed by atoms with E-state index in [0.717, 1.165) is 6.42 Å². The zero-order valence-electron chi connectivity index (χ0n) is 9.04. The van der Waals surface area contributed by atoms with Gasteiger partial charge in [0.05, 0.1) is 12.2 Å². The summed E-state index contributed by atoms with van der Waals surface area (Å²) in [6.45, 7) is 6.57. The Balaban J connectivity index is 4.49. The van der Waals surface area contributed by atoms with Crippen molar-refractivity contribution in [2.24, 2.45) is 10.7 Å². The molecule has 0 aromatic carbocycles. The average Bonchev–Trinajstić information content (AvgIpc) is 2.16. The van der Waals surface area contributed by atoms with E-state index >= 15 is 0 Å². The number of nitrogens with zero attached hydrogens (tertiary/aromatic N) is 1. The summed E-state index contributed by atoms with van der Waals surface area (Å²) in [6.07, 6.45) is 2.19. The van der Waals surface area contributed by atoms with Gasteiger partial charge in [0.15, 0.2) is 0 Å². The van der Waals surface area contributed by atoms with Crippen molar-refractivity contribution in [1.82, 2.24) is 0 Å². The molecule has 2 N–H and O–H groups in total. The zero-order valence-corrected chi connectivity index (χ0v) is 9.04. The standard InChI is InChI=1S/C10H18N2O2/c1-4-6-12-8(3)9(7-11)10(13)14-5-2/h7H,4-6,11H2,1-3H3. The van der Waals surface area contributed by atoms with Crippen molar-refractivity contribution in [3.05, 3.63) is 11.8 Å². The van der Waals surface area contributed by atoms with Gasteiger partial charge in [-0.25, -0.2) is 4.79 Å². The second kappa shape index (κ2) is 7.12. The summed E-state index contributed by atoms with van der Waals surface area (Å²) in [5, 5.41) is 0. The Kier molecular flexibility index (Phi) is 6.45. The molecule has 0 fully saturated rings. The van der Waals surface area contributed by atoms with E-state index in [-0.39, 0.29) is 0 Å². The number of esters is 1. The molecule has 0 aliphatic rings. The third-order valence-electron chi connectivity index (χ3n) is 1.62. The van der Waals surface area contributed by atoms with E-state index in [0.29, 0.717) is 24.4 Å². The zero-order chi connectivity index (χ0) is 11.0. The van der Waals surface area contributed by atoms with Crippen LogP contribution in [0.4, 0.5) is 0 Å². The monoisotopic (exact) mass is 198 g/mol. The minimum Gasteiger partial charge on any atom is -0.462 e. The molecule has 0 unspecified atom stereocenters. The van der Waals surface area contributed by atoms with E-state index in [1.54, 1.807) is 13.8 Å². The van der Waals surface area contributed by atoms with Crippen molar-refractivity contribution in [3.8, 4) is 0 Å².